The molecule has 0 atom stereocenters. The summed E-state index contributed by atoms with van der Waals surface area (Å²) in [5.41, 5.74) is 1.06. The van der Waals surface area contributed by atoms with Gasteiger partial charge in [0.1, 0.15) is 0 Å². The Balaban J connectivity index is 1.94. The molecule has 0 saturated carbocycles. The first-order valence-corrected chi connectivity index (χ1v) is 6.60. The molecule has 104 valence electrons. The van der Waals surface area contributed by atoms with Crippen molar-refractivity contribution in [2.75, 3.05) is 0 Å². The topological polar surface area (TPSA) is 17.1 Å². The largest absolute Gasteiger partial charge is 0.294 e. The Morgan fingerprint density at radius 2 is 1.62 bits per heavy atom. The highest BCUT2D eigenvalue weighted by Crippen LogP contribution is 2.20. The number of rotatable bonds is 3. The maximum Gasteiger partial charge on any atom is 0.167 e. The molecule has 3 aromatic rings. The van der Waals surface area contributed by atoms with Crippen LogP contribution < -0.4 is 0 Å². The number of hydrogen-bond donors (Lipinski definition) is 0. The van der Waals surface area contributed by atoms with Crippen LogP contribution in [0, 0.1) is 11.6 Å². The van der Waals surface area contributed by atoms with Gasteiger partial charge in [0.25, 0.3) is 0 Å². The summed E-state index contributed by atoms with van der Waals surface area (Å²) >= 11 is 0. The van der Waals surface area contributed by atoms with Crippen molar-refractivity contribution in [3.63, 3.8) is 0 Å². The summed E-state index contributed by atoms with van der Waals surface area (Å²) in [6.45, 7) is 0. The molecule has 0 aliphatic heterocycles. The van der Waals surface area contributed by atoms with Gasteiger partial charge in [0, 0.05) is 12.0 Å². The minimum atomic E-state index is -1.00. The first-order chi connectivity index (χ1) is 10.1. The maximum atomic E-state index is 13.2. The van der Waals surface area contributed by atoms with E-state index >= 15 is 0 Å². The summed E-state index contributed by atoms with van der Waals surface area (Å²) < 4.78 is 26.1. The minimum Gasteiger partial charge on any atom is -0.294 e. The lowest BCUT2D eigenvalue weighted by atomic mass is 9.98. The van der Waals surface area contributed by atoms with Gasteiger partial charge in [-0.3, -0.25) is 4.79 Å². The molecule has 0 N–H and O–H groups in total. The quantitative estimate of drug-likeness (QED) is 0.644. The van der Waals surface area contributed by atoms with Crippen LogP contribution >= 0.6 is 0 Å². The van der Waals surface area contributed by atoms with Crippen LogP contribution in [0.3, 0.4) is 0 Å². The standard InChI is InChI=1S/C18H12F2O/c19-16-9-8-14(10-17(16)20)18(21)11-13-6-3-5-12-4-1-2-7-15(12)13/h1-10H,11H2. The molecule has 3 rings (SSSR count). The van der Waals surface area contributed by atoms with Crippen LogP contribution in [0.2, 0.25) is 0 Å². The molecular formula is C18H12F2O. The van der Waals surface area contributed by atoms with Crippen LogP contribution in [0.15, 0.2) is 60.7 Å². The fourth-order valence-electron chi connectivity index (χ4n) is 2.39. The van der Waals surface area contributed by atoms with E-state index in [0.29, 0.717) is 0 Å². The Hall–Kier alpha value is -2.55. The van der Waals surface area contributed by atoms with Crippen molar-refractivity contribution in [3.05, 3.63) is 83.4 Å². The van der Waals surface area contributed by atoms with Crippen LogP contribution in [-0.4, -0.2) is 5.78 Å². The molecule has 0 aliphatic carbocycles. The second kappa shape index (κ2) is 5.44. The fraction of sp³-hybridized carbons (Fsp3) is 0.0556. The summed E-state index contributed by atoms with van der Waals surface area (Å²) in [7, 11) is 0. The van der Waals surface area contributed by atoms with Crippen molar-refractivity contribution in [3.8, 4) is 0 Å². The van der Waals surface area contributed by atoms with E-state index < -0.39 is 11.6 Å². The van der Waals surface area contributed by atoms with Crippen molar-refractivity contribution in [2.24, 2.45) is 0 Å². The Labute approximate surface area is 120 Å². The van der Waals surface area contributed by atoms with E-state index in [1.165, 1.54) is 6.07 Å². The van der Waals surface area contributed by atoms with Gasteiger partial charge in [-0.25, -0.2) is 8.78 Å². The van der Waals surface area contributed by atoms with Gasteiger partial charge in [0.05, 0.1) is 0 Å². The number of halogens is 2. The van der Waals surface area contributed by atoms with E-state index in [-0.39, 0.29) is 17.8 Å². The van der Waals surface area contributed by atoms with Crippen molar-refractivity contribution in [1.82, 2.24) is 0 Å². The minimum absolute atomic E-state index is 0.159. The summed E-state index contributed by atoms with van der Waals surface area (Å²) in [4.78, 5) is 12.2. The van der Waals surface area contributed by atoms with E-state index in [1.807, 2.05) is 42.5 Å². The third-order valence-corrected chi connectivity index (χ3v) is 3.47. The van der Waals surface area contributed by atoms with Crippen molar-refractivity contribution in [1.29, 1.82) is 0 Å². The van der Waals surface area contributed by atoms with Crippen molar-refractivity contribution >= 4 is 16.6 Å². The highest BCUT2D eigenvalue weighted by atomic mass is 19.2. The third kappa shape index (κ3) is 2.68. The van der Waals surface area contributed by atoms with Gasteiger partial charge in [-0.1, -0.05) is 42.5 Å². The van der Waals surface area contributed by atoms with Gasteiger partial charge < -0.3 is 0 Å². The van der Waals surface area contributed by atoms with Gasteiger partial charge >= 0.3 is 0 Å². The van der Waals surface area contributed by atoms with Gasteiger partial charge in [-0.2, -0.15) is 0 Å². The first-order valence-electron chi connectivity index (χ1n) is 6.60. The summed E-state index contributed by atoms with van der Waals surface area (Å²) in [6.07, 6.45) is 0.159. The van der Waals surface area contributed by atoms with E-state index in [4.69, 9.17) is 0 Å². The molecule has 1 nitrogen and oxygen atoms in total. The lowest BCUT2D eigenvalue weighted by Crippen LogP contribution is -2.05. The fourth-order valence-corrected chi connectivity index (χ4v) is 2.39. The van der Waals surface area contributed by atoms with Crippen LogP contribution in [0.25, 0.3) is 10.8 Å². The summed E-state index contributed by atoms with van der Waals surface area (Å²) in [6, 6.07) is 16.7. The van der Waals surface area contributed by atoms with Crippen LogP contribution in [-0.2, 0) is 6.42 Å². The number of benzene rings is 3. The average Bonchev–Trinajstić information content (AvgIpc) is 2.50. The van der Waals surface area contributed by atoms with Gasteiger partial charge in [-0.15, -0.1) is 0 Å². The molecule has 3 aromatic carbocycles. The van der Waals surface area contributed by atoms with Crippen LogP contribution in [0.5, 0.6) is 0 Å². The van der Waals surface area contributed by atoms with E-state index in [1.54, 1.807) is 0 Å². The zero-order chi connectivity index (χ0) is 14.8. The van der Waals surface area contributed by atoms with Crippen LogP contribution in [0.1, 0.15) is 15.9 Å². The number of Topliss-reactive ketones (excluding diaryl/α,β-unsaturated/α-hetero) is 1. The Bertz CT molecular complexity index is 819. The molecule has 21 heavy (non-hydrogen) atoms. The SMILES string of the molecule is O=C(Cc1cccc2ccccc12)c1ccc(F)c(F)c1. The molecule has 0 aromatic heterocycles. The van der Waals surface area contributed by atoms with Gasteiger partial charge in [-0.05, 0) is 34.5 Å². The number of carbonyl (C=O) groups excluding carboxylic acids is 1. The lowest BCUT2D eigenvalue weighted by molar-refractivity contribution is 0.0993. The van der Waals surface area contributed by atoms with Crippen molar-refractivity contribution in [2.45, 2.75) is 6.42 Å². The smallest absolute Gasteiger partial charge is 0.167 e. The third-order valence-electron chi connectivity index (χ3n) is 3.47. The molecule has 0 bridgehead atoms. The molecule has 0 amide bonds. The summed E-state index contributed by atoms with van der Waals surface area (Å²) in [5, 5.41) is 2.05. The molecule has 0 spiro atoms. The Kier molecular flexibility index (Phi) is 3.48. The highest BCUT2D eigenvalue weighted by molar-refractivity contribution is 6.00. The second-order valence-electron chi connectivity index (χ2n) is 4.87. The number of hydrogen-bond acceptors (Lipinski definition) is 1. The molecule has 0 saturated heterocycles. The van der Waals surface area contributed by atoms with Gasteiger partial charge in [0.15, 0.2) is 17.4 Å². The predicted octanol–water partition coefficient (Wildman–Crippen LogP) is 4.54. The highest BCUT2D eigenvalue weighted by Gasteiger charge is 2.12. The molecule has 0 fully saturated rings. The second-order valence-corrected chi connectivity index (χ2v) is 4.87. The molecule has 0 radical (unpaired) electrons. The van der Waals surface area contributed by atoms with Crippen LogP contribution in [0.4, 0.5) is 8.78 Å². The number of ketones is 1. The monoisotopic (exact) mass is 282 g/mol. The van der Waals surface area contributed by atoms with E-state index in [0.717, 1.165) is 28.5 Å². The Morgan fingerprint density at radius 3 is 2.43 bits per heavy atom. The zero-order valence-electron chi connectivity index (χ0n) is 11.1. The number of carbonyl (C=O) groups is 1. The molecule has 0 unspecified atom stereocenters. The predicted molar refractivity (Wildman–Crippen MR) is 78.3 cm³/mol. The summed E-state index contributed by atoms with van der Waals surface area (Å²) in [5.74, 6) is -2.18. The van der Waals surface area contributed by atoms with Crippen molar-refractivity contribution < 1.29 is 13.6 Å². The molecule has 3 heteroatoms. The van der Waals surface area contributed by atoms with E-state index in [2.05, 4.69) is 0 Å². The lowest BCUT2D eigenvalue weighted by Gasteiger charge is -2.06. The first kappa shape index (κ1) is 13.4. The normalized spacial score (nSPS) is 10.8. The molecular weight excluding hydrogens is 270 g/mol. The number of fused-ring (bicyclic) bond motifs is 1. The molecule has 0 heterocycles. The average molecular weight is 282 g/mol. The Morgan fingerprint density at radius 1 is 0.857 bits per heavy atom. The van der Waals surface area contributed by atoms with E-state index in [9.17, 15) is 13.6 Å². The maximum absolute atomic E-state index is 13.2. The molecule has 0 aliphatic rings. The zero-order valence-corrected chi connectivity index (χ0v) is 11.1. The van der Waals surface area contributed by atoms with Gasteiger partial charge in [0.2, 0.25) is 0 Å².